The number of aliphatic hydroxyl groups is 1. The summed E-state index contributed by atoms with van der Waals surface area (Å²) in [7, 11) is 0. The fourth-order valence-electron chi connectivity index (χ4n) is 2.89. The van der Waals surface area contributed by atoms with Crippen LogP contribution in [0.3, 0.4) is 0 Å². The monoisotopic (exact) mass is 317 g/mol. The number of fused-ring (bicyclic) bond motifs is 1. The molecule has 1 aliphatic heterocycles. The van der Waals surface area contributed by atoms with Crippen molar-refractivity contribution in [3.8, 4) is 0 Å². The molecule has 3 rings (SSSR count). The minimum atomic E-state index is -0.599. The van der Waals surface area contributed by atoms with Crippen molar-refractivity contribution in [2.24, 2.45) is 0 Å². The number of carbonyl (C=O) groups is 1. The van der Waals surface area contributed by atoms with E-state index in [-0.39, 0.29) is 5.91 Å². The number of β-amino-alcohol motifs (C(OH)–C–C–N with tert-alkyl or cyclic N) is 1. The van der Waals surface area contributed by atoms with E-state index in [0.29, 0.717) is 39.1 Å². The number of H-pyrrole nitrogens is 1. The highest BCUT2D eigenvalue weighted by atomic mass is 16.5. The average Bonchev–Trinajstić information content (AvgIpc) is 2.83. The van der Waals surface area contributed by atoms with Gasteiger partial charge in [0.2, 0.25) is 5.91 Å². The second-order valence-corrected chi connectivity index (χ2v) is 6.16. The minimum Gasteiger partial charge on any atom is -0.389 e. The van der Waals surface area contributed by atoms with Gasteiger partial charge in [0, 0.05) is 25.9 Å². The summed E-state index contributed by atoms with van der Waals surface area (Å²) < 4.78 is 5.25. The van der Waals surface area contributed by atoms with Crippen molar-refractivity contribution in [1.82, 2.24) is 14.9 Å². The molecule has 1 unspecified atom stereocenters. The van der Waals surface area contributed by atoms with Gasteiger partial charge in [-0.05, 0) is 31.0 Å². The first-order valence-corrected chi connectivity index (χ1v) is 8.03. The zero-order valence-electron chi connectivity index (χ0n) is 13.6. The molecule has 1 aliphatic rings. The molecule has 0 bridgehead atoms. The van der Waals surface area contributed by atoms with Crippen LogP contribution in [0.25, 0.3) is 11.0 Å². The minimum absolute atomic E-state index is 0.0305. The van der Waals surface area contributed by atoms with Crippen LogP contribution in [-0.4, -0.2) is 58.3 Å². The lowest BCUT2D eigenvalue weighted by Crippen LogP contribution is -2.37. The second-order valence-electron chi connectivity index (χ2n) is 6.16. The molecule has 6 nitrogen and oxygen atoms in total. The number of nitrogens with zero attached hydrogens (tertiary/aromatic N) is 2. The van der Waals surface area contributed by atoms with Gasteiger partial charge < -0.3 is 19.7 Å². The Balaban J connectivity index is 1.66. The number of aromatic nitrogens is 2. The summed E-state index contributed by atoms with van der Waals surface area (Å²) in [4.78, 5) is 21.9. The quantitative estimate of drug-likeness (QED) is 0.895. The molecule has 0 radical (unpaired) electrons. The summed E-state index contributed by atoms with van der Waals surface area (Å²) in [6, 6.07) is 4.10. The third-order valence-electron chi connectivity index (χ3n) is 4.40. The Labute approximate surface area is 135 Å². The Morgan fingerprint density at radius 2 is 2.30 bits per heavy atom. The summed E-state index contributed by atoms with van der Waals surface area (Å²) in [5.41, 5.74) is 4.37. The molecule has 1 aromatic carbocycles. The van der Waals surface area contributed by atoms with Gasteiger partial charge in [-0.1, -0.05) is 6.07 Å². The highest BCUT2D eigenvalue weighted by molar-refractivity contribution is 5.80. The lowest BCUT2D eigenvalue weighted by atomic mass is 10.1. The molecule has 2 aromatic rings. The summed E-state index contributed by atoms with van der Waals surface area (Å²) in [6.45, 7) is 5.79. The smallest absolute Gasteiger partial charge is 0.223 e. The second kappa shape index (κ2) is 6.68. The van der Waals surface area contributed by atoms with Gasteiger partial charge in [-0.15, -0.1) is 0 Å². The number of hydrogen-bond donors (Lipinski definition) is 2. The lowest BCUT2D eigenvalue weighted by molar-refractivity contribution is -0.132. The molecule has 124 valence electrons. The van der Waals surface area contributed by atoms with Gasteiger partial charge in [-0.2, -0.15) is 0 Å². The van der Waals surface area contributed by atoms with Gasteiger partial charge in [0.15, 0.2) is 0 Å². The van der Waals surface area contributed by atoms with Crippen molar-refractivity contribution in [3.05, 3.63) is 29.1 Å². The van der Waals surface area contributed by atoms with E-state index in [1.165, 1.54) is 11.1 Å². The largest absolute Gasteiger partial charge is 0.389 e. The highest BCUT2D eigenvalue weighted by Gasteiger charge is 2.21. The van der Waals surface area contributed by atoms with Gasteiger partial charge in [0.1, 0.15) is 5.82 Å². The number of aliphatic hydroxyl groups excluding tert-OH is 1. The first-order chi connectivity index (χ1) is 11.0. The Bertz CT molecular complexity index is 710. The topological polar surface area (TPSA) is 78.5 Å². The third-order valence-corrected chi connectivity index (χ3v) is 4.40. The summed E-state index contributed by atoms with van der Waals surface area (Å²) >= 11 is 0. The molecule has 0 aliphatic carbocycles. The van der Waals surface area contributed by atoms with Crippen LogP contribution in [0.4, 0.5) is 0 Å². The van der Waals surface area contributed by atoms with Crippen LogP contribution < -0.4 is 0 Å². The predicted molar refractivity (Wildman–Crippen MR) is 87.3 cm³/mol. The van der Waals surface area contributed by atoms with Gasteiger partial charge in [-0.25, -0.2) is 4.98 Å². The molecule has 1 atom stereocenters. The molecule has 6 heteroatoms. The summed E-state index contributed by atoms with van der Waals surface area (Å²) in [5.74, 6) is 0.858. The zero-order valence-corrected chi connectivity index (χ0v) is 13.6. The summed E-state index contributed by atoms with van der Waals surface area (Å²) in [6.07, 6.45) is 0.350. The Kier molecular flexibility index (Phi) is 4.63. The highest BCUT2D eigenvalue weighted by Crippen LogP contribution is 2.20. The van der Waals surface area contributed by atoms with E-state index in [1.807, 2.05) is 6.07 Å². The van der Waals surface area contributed by atoms with E-state index in [0.717, 1.165) is 16.9 Å². The molecular formula is C17H23N3O3. The number of nitrogens with one attached hydrogen (secondary N) is 1. The Hall–Kier alpha value is -1.92. The van der Waals surface area contributed by atoms with Crippen LogP contribution in [0.2, 0.25) is 0 Å². The van der Waals surface area contributed by atoms with Gasteiger partial charge >= 0.3 is 0 Å². The van der Waals surface area contributed by atoms with Crippen molar-refractivity contribution >= 4 is 16.9 Å². The van der Waals surface area contributed by atoms with E-state index in [1.54, 1.807) is 4.90 Å². The molecule has 0 spiro atoms. The van der Waals surface area contributed by atoms with E-state index in [9.17, 15) is 9.90 Å². The van der Waals surface area contributed by atoms with Crippen LogP contribution in [0, 0.1) is 13.8 Å². The number of aryl methyl sites for hydroxylation is 3. The van der Waals surface area contributed by atoms with E-state index in [4.69, 9.17) is 4.74 Å². The molecule has 2 heterocycles. The normalized spacial score (nSPS) is 19.1. The summed E-state index contributed by atoms with van der Waals surface area (Å²) in [5, 5.41) is 9.71. The van der Waals surface area contributed by atoms with Crippen molar-refractivity contribution in [1.29, 1.82) is 0 Å². The molecule has 0 saturated carbocycles. The molecule has 1 saturated heterocycles. The molecule has 1 aromatic heterocycles. The van der Waals surface area contributed by atoms with Crippen molar-refractivity contribution in [2.75, 3.05) is 26.3 Å². The number of hydrogen-bond acceptors (Lipinski definition) is 4. The zero-order chi connectivity index (χ0) is 16.4. The first kappa shape index (κ1) is 16.0. The van der Waals surface area contributed by atoms with E-state index in [2.05, 4.69) is 29.9 Å². The van der Waals surface area contributed by atoms with Crippen LogP contribution in [0.1, 0.15) is 23.4 Å². The average molecular weight is 317 g/mol. The molecule has 1 fully saturated rings. The maximum Gasteiger partial charge on any atom is 0.223 e. The third kappa shape index (κ3) is 3.54. The maximum absolute atomic E-state index is 12.3. The number of rotatable bonds is 3. The SMILES string of the molecule is Cc1ccc2[nH]c(CCC(=O)N3CCOCC(O)C3)nc2c1C. The van der Waals surface area contributed by atoms with E-state index < -0.39 is 6.10 Å². The molecule has 2 N–H and O–H groups in total. The number of amides is 1. The molecule has 23 heavy (non-hydrogen) atoms. The predicted octanol–water partition coefficient (Wildman–Crippen LogP) is 1.33. The van der Waals surface area contributed by atoms with Gasteiger partial charge in [0.05, 0.1) is 30.4 Å². The lowest BCUT2D eigenvalue weighted by Gasteiger charge is -2.21. The standard InChI is InChI=1S/C17H23N3O3/c1-11-3-4-14-17(12(11)2)19-15(18-14)5-6-16(22)20-7-8-23-10-13(21)9-20/h3-4,13,21H,5-10H2,1-2H3,(H,18,19). The Morgan fingerprint density at radius 3 is 3.13 bits per heavy atom. The molecule has 1 amide bonds. The number of aromatic amines is 1. The van der Waals surface area contributed by atoms with Crippen LogP contribution in [0.5, 0.6) is 0 Å². The van der Waals surface area contributed by atoms with Crippen molar-refractivity contribution in [2.45, 2.75) is 32.8 Å². The van der Waals surface area contributed by atoms with Crippen LogP contribution in [-0.2, 0) is 16.0 Å². The van der Waals surface area contributed by atoms with Crippen LogP contribution >= 0.6 is 0 Å². The number of imidazole rings is 1. The van der Waals surface area contributed by atoms with Crippen molar-refractivity contribution < 1.29 is 14.6 Å². The maximum atomic E-state index is 12.3. The fraction of sp³-hybridized carbons (Fsp3) is 0.529. The number of benzene rings is 1. The van der Waals surface area contributed by atoms with Gasteiger partial charge in [0.25, 0.3) is 0 Å². The first-order valence-electron chi connectivity index (χ1n) is 8.03. The fourth-order valence-corrected chi connectivity index (χ4v) is 2.89. The number of carbonyl (C=O) groups excluding carboxylic acids is 1. The molecular weight excluding hydrogens is 294 g/mol. The van der Waals surface area contributed by atoms with Gasteiger partial charge in [-0.3, -0.25) is 4.79 Å². The van der Waals surface area contributed by atoms with Crippen molar-refractivity contribution in [3.63, 3.8) is 0 Å². The number of ether oxygens (including phenoxy) is 1. The van der Waals surface area contributed by atoms with E-state index >= 15 is 0 Å². The van der Waals surface area contributed by atoms with Crippen LogP contribution in [0.15, 0.2) is 12.1 Å². The Morgan fingerprint density at radius 1 is 1.48 bits per heavy atom.